The van der Waals surface area contributed by atoms with Crippen LogP contribution < -0.4 is 5.32 Å². The minimum Gasteiger partial charge on any atom is -0.367 e. The van der Waals surface area contributed by atoms with Crippen molar-refractivity contribution < 1.29 is 0 Å². The van der Waals surface area contributed by atoms with Crippen molar-refractivity contribution in [3.05, 3.63) is 12.4 Å². The lowest BCUT2D eigenvalue weighted by Gasteiger charge is -2.15. The van der Waals surface area contributed by atoms with Crippen molar-refractivity contribution in [2.45, 2.75) is 36.2 Å². The van der Waals surface area contributed by atoms with E-state index in [0.717, 1.165) is 17.3 Å². The summed E-state index contributed by atoms with van der Waals surface area (Å²) in [5, 5.41) is 4.35. The Morgan fingerprint density at radius 1 is 1.47 bits per heavy atom. The number of aromatic nitrogens is 2. The summed E-state index contributed by atoms with van der Waals surface area (Å²) in [6, 6.07) is 2.38. The highest BCUT2D eigenvalue weighted by Gasteiger charge is 2.06. The quantitative estimate of drug-likeness (QED) is 0.513. The van der Waals surface area contributed by atoms with Crippen molar-refractivity contribution in [3.8, 4) is 0 Å². The molecule has 1 N–H and O–H groups in total. The first kappa shape index (κ1) is 12.8. The smallest absolute Gasteiger partial charge is 0.130 e. The highest BCUT2D eigenvalue weighted by Crippen LogP contribution is 2.16. The Morgan fingerprint density at radius 3 is 2.80 bits per heavy atom. The predicted octanol–water partition coefficient (Wildman–Crippen LogP) is 3.17. The molecule has 0 aliphatic rings. The van der Waals surface area contributed by atoms with Crippen molar-refractivity contribution in [1.82, 2.24) is 9.97 Å². The van der Waals surface area contributed by atoms with Gasteiger partial charge in [0.1, 0.15) is 17.2 Å². The second-order valence-corrected chi connectivity index (χ2v) is 5.90. The Balaban J connectivity index is 2.55. The predicted molar refractivity (Wildman–Crippen MR) is 69.9 cm³/mol. The summed E-state index contributed by atoms with van der Waals surface area (Å²) in [6.45, 7) is 4.30. The lowest BCUT2D eigenvalue weighted by molar-refractivity contribution is 0.704. The summed E-state index contributed by atoms with van der Waals surface area (Å²) < 4.78 is 0. The first-order valence-corrected chi connectivity index (χ1v) is 7.02. The van der Waals surface area contributed by atoms with Gasteiger partial charge in [0.2, 0.25) is 0 Å². The number of hydrogen-bond donors (Lipinski definition) is 1. The highest BCUT2D eigenvalue weighted by atomic mass is 79.9. The van der Waals surface area contributed by atoms with Gasteiger partial charge in [-0.15, -0.1) is 11.8 Å². The maximum absolute atomic E-state index is 4.18. The minimum atomic E-state index is 0.406. The summed E-state index contributed by atoms with van der Waals surface area (Å²) in [5.41, 5.74) is 0. The average Bonchev–Trinajstić information content (AvgIpc) is 2.16. The van der Waals surface area contributed by atoms with Crippen LogP contribution in [0.4, 0.5) is 5.82 Å². The fraction of sp³-hybridized carbons (Fsp3) is 0.600. The Kier molecular flexibility index (Phi) is 5.39. The third-order valence-corrected chi connectivity index (χ3v) is 2.94. The van der Waals surface area contributed by atoms with Crippen molar-refractivity contribution in [2.75, 3.05) is 11.6 Å². The van der Waals surface area contributed by atoms with E-state index in [2.05, 4.69) is 45.1 Å². The first-order chi connectivity index (χ1) is 7.11. The number of rotatable bonds is 5. The summed E-state index contributed by atoms with van der Waals surface area (Å²) in [5.74, 6) is 0.898. The molecule has 0 aliphatic carbocycles. The van der Waals surface area contributed by atoms with E-state index in [0.29, 0.717) is 10.9 Å². The van der Waals surface area contributed by atoms with Gasteiger partial charge in [-0.05, 0) is 19.6 Å². The second kappa shape index (κ2) is 6.33. The maximum atomic E-state index is 4.18. The zero-order valence-electron chi connectivity index (χ0n) is 9.20. The molecule has 0 amide bonds. The molecule has 0 fully saturated rings. The SMILES string of the molecule is CSc1cc(NC(C)CC(C)Br)ncn1. The molecule has 0 aliphatic heterocycles. The van der Waals surface area contributed by atoms with Crippen molar-refractivity contribution in [1.29, 1.82) is 0 Å². The molecule has 0 bridgehead atoms. The Labute approximate surface area is 104 Å². The normalized spacial score (nSPS) is 14.7. The van der Waals surface area contributed by atoms with E-state index in [1.807, 2.05) is 12.3 Å². The van der Waals surface area contributed by atoms with Crippen LogP contribution >= 0.6 is 27.7 Å². The van der Waals surface area contributed by atoms with Crippen LogP contribution in [0.2, 0.25) is 0 Å². The van der Waals surface area contributed by atoms with Gasteiger partial charge in [-0.1, -0.05) is 22.9 Å². The summed E-state index contributed by atoms with van der Waals surface area (Å²) >= 11 is 5.16. The van der Waals surface area contributed by atoms with Gasteiger partial charge in [-0.2, -0.15) is 0 Å². The van der Waals surface area contributed by atoms with E-state index in [-0.39, 0.29) is 0 Å². The van der Waals surface area contributed by atoms with Crippen molar-refractivity contribution >= 4 is 33.5 Å². The molecule has 0 aromatic carbocycles. The monoisotopic (exact) mass is 289 g/mol. The lowest BCUT2D eigenvalue weighted by Crippen LogP contribution is -2.19. The van der Waals surface area contributed by atoms with E-state index in [1.54, 1.807) is 18.1 Å². The van der Waals surface area contributed by atoms with Gasteiger partial charge in [0.05, 0.1) is 0 Å². The number of hydrogen-bond acceptors (Lipinski definition) is 4. The number of anilines is 1. The van der Waals surface area contributed by atoms with Crippen LogP contribution in [0.25, 0.3) is 0 Å². The van der Waals surface area contributed by atoms with Crippen LogP contribution in [0.5, 0.6) is 0 Å². The molecule has 15 heavy (non-hydrogen) atoms. The number of nitrogens with zero attached hydrogens (tertiary/aromatic N) is 2. The van der Waals surface area contributed by atoms with Crippen LogP contribution in [0.1, 0.15) is 20.3 Å². The third-order valence-electron chi connectivity index (χ3n) is 1.92. The summed E-state index contributed by atoms with van der Waals surface area (Å²) in [7, 11) is 0. The topological polar surface area (TPSA) is 37.8 Å². The van der Waals surface area contributed by atoms with Gasteiger partial charge in [0, 0.05) is 16.9 Å². The van der Waals surface area contributed by atoms with Crippen LogP contribution in [0, 0.1) is 0 Å². The lowest BCUT2D eigenvalue weighted by atomic mass is 10.2. The Bertz CT molecular complexity index is 306. The molecule has 0 radical (unpaired) electrons. The Hall–Kier alpha value is -0.290. The highest BCUT2D eigenvalue weighted by molar-refractivity contribution is 9.09. The van der Waals surface area contributed by atoms with E-state index >= 15 is 0 Å². The largest absolute Gasteiger partial charge is 0.367 e. The number of nitrogens with one attached hydrogen (secondary N) is 1. The zero-order chi connectivity index (χ0) is 11.3. The molecule has 0 saturated carbocycles. The molecule has 1 heterocycles. The first-order valence-electron chi connectivity index (χ1n) is 4.88. The Morgan fingerprint density at radius 2 is 2.20 bits per heavy atom. The number of thioether (sulfide) groups is 1. The number of alkyl halides is 1. The minimum absolute atomic E-state index is 0.406. The van der Waals surface area contributed by atoms with Crippen molar-refractivity contribution in [3.63, 3.8) is 0 Å². The maximum Gasteiger partial charge on any atom is 0.130 e. The van der Waals surface area contributed by atoms with Crippen LogP contribution in [0.3, 0.4) is 0 Å². The fourth-order valence-electron chi connectivity index (χ4n) is 1.33. The van der Waals surface area contributed by atoms with E-state index in [1.165, 1.54) is 0 Å². The van der Waals surface area contributed by atoms with Gasteiger partial charge in [-0.3, -0.25) is 0 Å². The van der Waals surface area contributed by atoms with Gasteiger partial charge in [0.15, 0.2) is 0 Å². The van der Waals surface area contributed by atoms with E-state index in [9.17, 15) is 0 Å². The summed E-state index contributed by atoms with van der Waals surface area (Å²) in [4.78, 5) is 8.83. The van der Waals surface area contributed by atoms with E-state index in [4.69, 9.17) is 0 Å². The molecule has 0 spiro atoms. The molecule has 2 atom stereocenters. The third kappa shape index (κ3) is 4.84. The molecule has 0 saturated heterocycles. The van der Waals surface area contributed by atoms with Gasteiger partial charge in [-0.25, -0.2) is 9.97 Å². The second-order valence-electron chi connectivity index (χ2n) is 3.51. The standard InChI is InChI=1S/C10H16BrN3S/c1-7(11)4-8(2)14-9-5-10(15-3)13-6-12-9/h5-8H,4H2,1-3H3,(H,12,13,14). The van der Waals surface area contributed by atoms with Gasteiger partial charge < -0.3 is 5.32 Å². The number of halogens is 1. The molecular weight excluding hydrogens is 274 g/mol. The van der Waals surface area contributed by atoms with Crippen LogP contribution in [-0.4, -0.2) is 27.1 Å². The zero-order valence-corrected chi connectivity index (χ0v) is 11.6. The van der Waals surface area contributed by atoms with Gasteiger partial charge >= 0.3 is 0 Å². The van der Waals surface area contributed by atoms with Crippen LogP contribution in [0.15, 0.2) is 17.4 Å². The molecule has 1 rings (SSSR count). The van der Waals surface area contributed by atoms with Gasteiger partial charge in [0.25, 0.3) is 0 Å². The van der Waals surface area contributed by atoms with Crippen LogP contribution in [-0.2, 0) is 0 Å². The molecule has 3 nitrogen and oxygen atoms in total. The molecule has 2 unspecified atom stereocenters. The molecule has 1 aromatic rings. The van der Waals surface area contributed by atoms with E-state index < -0.39 is 0 Å². The fourth-order valence-corrected chi connectivity index (χ4v) is 2.27. The molecule has 5 heteroatoms. The summed E-state index contributed by atoms with van der Waals surface area (Å²) in [6.07, 6.45) is 4.67. The average molecular weight is 290 g/mol. The molecule has 84 valence electrons. The van der Waals surface area contributed by atoms with Crippen molar-refractivity contribution in [2.24, 2.45) is 0 Å². The molecular formula is C10H16BrN3S. The molecule has 1 aromatic heterocycles.